The minimum absolute atomic E-state index is 0.240. The van der Waals surface area contributed by atoms with Crippen LogP contribution >= 0.6 is 0 Å². The summed E-state index contributed by atoms with van der Waals surface area (Å²) in [7, 11) is 2.22. The van der Waals surface area contributed by atoms with Gasteiger partial charge in [0.25, 0.3) is 0 Å². The SMILES string of the molecule is C[C@@H]1C[N+](C)(C[C@H](O)COc2ccc(C34CC5CC(CC(C5)C3)C4)cc2)C[C@H](C)O1. The quantitative estimate of drug-likeness (QED) is 0.711. The number of likely N-dealkylation sites (N-methyl/N-ethyl adjacent to an activating group) is 1. The van der Waals surface area contributed by atoms with Gasteiger partial charge in [-0.2, -0.15) is 0 Å². The van der Waals surface area contributed by atoms with Crippen molar-refractivity contribution in [1.29, 1.82) is 0 Å². The van der Waals surface area contributed by atoms with Crippen LogP contribution in [0.15, 0.2) is 24.3 Å². The largest absolute Gasteiger partial charge is 0.491 e. The Morgan fingerprint density at radius 1 is 1.00 bits per heavy atom. The number of quaternary nitrogens is 1. The summed E-state index contributed by atoms with van der Waals surface area (Å²) in [5.41, 5.74) is 1.97. The van der Waals surface area contributed by atoms with E-state index in [1.807, 2.05) is 0 Å². The Balaban J connectivity index is 1.17. The predicted molar refractivity (Wildman–Crippen MR) is 119 cm³/mol. The monoisotopic (exact) mass is 414 g/mol. The highest BCUT2D eigenvalue weighted by Crippen LogP contribution is 2.60. The molecule has 5 fully saturated rings. The summed E-state index contributed by atoms with van der Waals surface area (Å²) >= 11 is 0. The standard InChI is InChI=1S/C26H40NO3/c1-18-14-27(3,15-19(2)30-18)16-24(28)17-29-25-6-4-23(5-7-25)26-11-20-8-21(12-26)10-22(9-20)13-26/h4-7,18-22,24,28H,8-17H2,1-3H3/q+1/t18-,19+,20?,21?,22?,24-,26?,27?/m0/s1. The highest BCUT2D eigenvalue weighted by atomic mass is 16.5. The minimum Gasteiger partial charge on any atom is -0.491 e. The zero-order valence-corrected chi connectivity index (χ0v) is 19.1. The van der Waals surface area contributed by atoms with Crippen molar-refractivity contribution in [1.82, 2.24) is 0 Å². The normalized spacial score (nSPS) is 43.5. The van der Waals surface area contributed by atoms with Crippen LogP contribution in [0.5, 0.6) is 5.75 Å². The van der Waals surface area contributed by atoms with E-state index in [9.17, 15) is 5.11 Å². The van der Waals surface area contributed by atoms with Crippen LogP contribution in [-0.2, 0) is 10.2 Å². The van der Waals surface area contributed by atoms with E-state index in [1.54, 1.807) is 0 Å². The molecule has 4 aliphatic carbocycles. The highest BCUT2D eigenvalue weighted by molar-refractivity contribution is 5.34. The molecule has 0 radical (unpaired) electrons. The number of nitrogens with zero attached hydrogens (tertiary/aromatic N) is 1. The summed E-state index contributed by atoms with van der Waals surface area (Å²) in [5.74, 6) is 3.79. The second kappa shape index (κ2) is 7.79. The van der Waals surface area contributed by atoms with Crippen LogP contribution in [0, 0.1) is 17.8 Å². The molecule has 1 aliphatic heterocycles. The van der Waals surface area contributed by atoms with Crippen molar-refractivity contribution in [2.75, 3.05) is 33.3 Å². The van der Waals surface area contributed by atoms with E-state index < -0.39 is 6.10 Å². The van der Waals surface area contributed by atoms with Gasteiger partial charge in [0.05, 0.1) is 7.05 Å². The molecule has 4 saturated carbocycles. The van der Waals surface area contributed by atoms with Crippen LogP contribution in [0.3, 0.4) is 0 Å². The van der Waals surface area contributed by atoms with Gasteiger partial charge in [-0.3, -0.25) is 0 Å². The van der Waals surface area contributed by atoms with Crippen molar-refractivity contribution in [3.05, 3.63) is 29.8 Å². The summed E-state index contributed by atoms with van der Waals surface area (Å²) in [6.07, 6.45) is 8.67. The number of morpholine rings is 1. The van der Waals surface area contributed by atoms with Gasteiger partial charge < -0.3 is 19.1 Å². The van der Waals surface area contributed by atoms with E-state index >= 15 is 0 Å². The highest BCUT2D eigenvalue weighted by Gasteiger charge is 2.51. The third-order valence-corrected chi connectivity index (χ3v) is 8.46. The maximum Gasteiger partial charge on any atom is 0.137 e. The molecule has 5 aliphatic rings. The first-order valence-corrected chi connectivity index (χ1v) is 12.2. The lowest BCUT2D eigenvalue weighted by Gasteiger charge is -2.57. The number of ether oxygens (including phenoxy) is 2. The predicted octanol–water partition coefficient (Wildman–Crippen LogP) is 4.15. The zero-order valence-electron chi connectivity index (χ0n) is 19.1. The average Bonchev–Trinajstić information content (AvgIpc) is 2.64. The fraction of sp³-hybridized carbons (Fsp3) is 0.769. The number of aliphatic hydroxyl groups is 1. The van der Waals surface area contributed by atoms with E-state index in [0.29, 0.717) is 18.6 Å². The third-order valence-electron chi connectivity index (χ3n) is 8.46. The Morgan fingerprint density at radius 2 is 1.53 bits per heavy atom. The lowest BCUT2D eigenvalue weighted by Crippen LogP contribution is -2.60. The summed E-state index contributed by atoms with van der Waals surface area (Å²) in [4.78, 5) is 0. The molecule has 4 nitrogen and oxygen atoms in total. The van der Waals surface area contributed by atoms with Crippen molar-refractivity contribution in [3.8, 4) is 5.75 Å². The van der Waals surface area contributed by atoms with Gasteiger partial charge in [0, 0.05) is 0 Å². The number of hydrogen-bond acceptors (Lipinski definition) is 3. The molecule has 4 bridgehead atoms. The first-order valence-electron chi connectivity index (χ1n) is 12.2. The fourth-order valence-electron chi connectivity index (χ4n) is 8.07. The molecule has 1 aromatic carbocycles. The first kappa shape index (κ1) is 20.8. The van der Waals surface area contributed by atoms with Gasteiger partial charge in [0.15, 0.2) is 0 Å². The Hall–Kier alpha value is -1.10. The Labute approximate surface area is 182 Å². The first-order chi connectivity index (χ1) is 14.3. The molecule has 1 heterocycles. The van der Waals surface area contributed by atoms with Crippen LogP contribution in [-0.4, -0.2) is 61.2 Å². The number of hydrogen-bond donors (Lipinski definition) is 1. The summed E-state index contributed by atoms with van der Waals surface area (Å²) in [6.45, 7) is 7.21. The maximum absolute atomic E-state index is 10.6. The molecule has 166 valence electrons. The third kappa shape index (κ3) is 4.16. The molecule has 1 aromatic rings. The molecule has 6 rings (SSSR count). The van der Waals surface area contributed by atoms with Gasteiger partial charge in [-0.1, -0.05) is 12.1 Å². The summed E-state index contributed by atoms with van der Waals surface area (Å²) in [6, 6.07) is 8.90. The second-order valence-electron chi connectivity index (χ2n) is 11.6. The zero-order chi connectivity index (χ0) is 20.9. The lowest BCUT2D eigenvalue weighted by molar-refractivity contribution is -0.926. The Kier molecular flexibility index (Phi) is 5.40. The van der Waals surface area contributed by atoms with Crippen molar-refractivity contribution in [3.63, 3.8) is 0 Å². The molecule has 30 heavy (non-hydrogen) atoms. The molecule has 1 saturated heterocycles. The Bertz CT molecular complexity index is 700. The molecular formula is C26H40NO3+. The topological polar surface area (TPSA) is 38.7 Å². The van der Waals surface area contributed by atoms with Gasteiger partial charge in [-0.15, -0.1) is 0 Å². The maximum atomic E-state index is 10.6. The number of rotatable bonds is 6. The van der Waals surface area contributed by atoms with Gasteiger partial charge >= 0.3 is 0 Å². The molecule has 4 atom stereocenters. The molecule has 0 aromatic heterocycles. The van der Waals surface area contributed by atoms with E-state index in [1.165, 1.54) is 44.1 Å². The van der Waals surface area contributed by atoms with Gasteiger partial charge in [0.2, 0.25) is 0 Å². The average molecular weight is 415 g/mol. The van der Waals surface area contributed by atoms with Gasteiger partial charge in [0.1, 0.15) is 50.3 Å². The Morgan fingerprint density at radius 3 is 2.07 bits per heavy atom. The molecule has 4 heteroatoms. The fourth-order valence-corrected chi connectivity index (χ4v) is 8.07. The summed E-state index contributed by atoms with van der Waals surface area (Å²) < 4.78 is 12.7. The van der Waals surface area contributed by atoms with E-state index in [-0.39, 0.29) is 12.2 Å². The van der Waals surface area contributed by atoms with Gasteiger partial charge in [-0.25, -0.2) is 0 Å². The van der Waals surface area contributed by atoms with Crippen LogP contribution in [0.25, 0.3) is 0 Å². The van der Waals surface area contributed by atoms with Crippen LogP contribution in [0.4, 0.5) is 0 Å². The van der Waals surface area contributed by atoms with Crippen molar-refractivity contribution in [2.45, 2.75) is 76.1 Å². The van der Waals surface area contributed by atoms with Crippen LogP contribution in [0.2, 0.25) is 0 Å². The van der Waals surface area contributed by atoms with Gasteiger partial charge in [-0.05, 0) is 93.2 Å². The smallest absolute Gasteiger partial charge is 0.137 e. The van der Waals surface area contributed by atoms with Crippen molar-refractivity contribution in [2.24, 2.45) is 17.8 Å². The number of aliphatic hydroxyl groups excluding tert-OH is 1. The van der Waals surface area contributed by atoms with Crippen molar-refractivity contribution < 1.29 is 19.1 Å². The lowest BCUT2D eigenvalue weighted by atomic mass is 9.48. The van der Waals surface area contributed by atoms with Crippen molar-refractivity contribution >= 4 is 0 Å². The number of benzene rings is 1. The minimum atomic E-state index is -0.463. The van der Waals surface area contributed by atoms with Crippen LogP contribution < -0.4 is 4.74 Å². The van der Waals surface area contributed by atoms with E-state index in [2.05, 4.69) is 45.2 Å². The van der Waals surface area contributed by atoms with E-state index in [0.717, 1.165) is 41.1 Å². The summed E-state index contributed by atoms with van der Waals surface area (Å²) in [5, 5.41) is 10.6. The van der Waals surface area contributed by atoms with Crippen LogP contribution in [0.1, 0.15) is 57.9 Å². The molecule has 1 N–H and O–H groups in total. The van der Waals surface area contributed by atoms with E-state index in [4.69, 9.17) is 9.47 Å². The molecule has 0 amide bonds. The molecule has 1 unspecified atom stereocenters. The molecular weight excluding hydrogens is 374 g/mol. The second-order valence-corrected chi connectivity index (χ2v) is 11.6. The molecule has 0 spiro atoms.